The van der Waals surface area contributed by atoms with E-state index in [-0.39, 0.29) is 23.7 Å². The Bertz CT molecular complexity index is 736. The molecule has 6 heteroatoms. The number of nitrogens with one attached hydrogen (secondary N) is 2. The maximum atomic E-state index is 6.14. The highest BCUT2D eigenvalue weighted by Gasteiger charge is 2.35. The van der Waals surface area contributed by atoms with Gasteiger partial charge >= 0.3 is 0 Å². The zero-order valence-electron chi connectivity index (χ0n) is 21.0. The van der Waals surface area contributed by atoms with Gasteiger partial charge in [0.15, 0.2) is 5.96 Å². The summed E-state index contributed by atoms with van der Waals surface area (Å²) in [6, 6.07) is 8.71. The van der Waals surface area contributed by atoms with Gasteiger partial charge in [0.2, 0.25) is 0 Å². The Morgan fingerprint density at radius 2 is 1.78 bits per heavy atom. The molecule has 0 aromatic heterocycles. The van der Waals surface area contributed by atoms with Gasteiger partial charge in [-0.3, -0.25) is 9.89 Å². The molecule has 2 aliphatic heterocycles. The second-order valence-electron chi connectivity index (χ2n) is 10.6. The molecule has 0 radical (unpaired) electrons. The van der Waals surface area contributed by atoms with Crippen LogP contribution in [0.2, 0.25) is 0 Å². The van der Waals surface area contributed by atoms with Crippen LogP contribution in [0.1, 0.15) is 58.6 Å². The predicted molar refractivity (Wildman–Crippen MR) is 132 cm³/mol. The van der Waals surface area contributed by atoms with E-state index in [1.807, 2.05) is 7.05 Å². The molecule has 2 saturated heterocycles. The lowest BCUT2D eigenvalue weighted by Gasteiger charge is -2.40. The zero-order valence-corrected chi connectivity index (χ0v) is 21.0. The van der Waals surface area contributed by atoms with E-state index in [4.69, 9.17) is 9.47 Å². The summed E-state index contributed by atoms with van der Waals surface area (Å²) in [5.74, 6) is 1.35. The fourth-order valence-electron chi connectivity index (χ4n) is 5.18. The first-order chi connectivity index (χ1) is 15.3. The second kappa shape index (κ2) is 11.5. The van der Waals surface area contributed by atoms with Crippen LogP contribution in [0.25, 0.3) is 0 Å². The van der Waals surface area contributed by atoms with Crippen LogP contribution in [-0.2, 0) is 22.6 Å². The van der Waals surface area contributed by atoms with E-state index in [9.17, 15) is 0 Å². The number of aliphatic imine (C=N–C) groups is 1. The molecule has 2 heterocycles. The van der Waals surface area contributed by atoms with Gasteiger partial charge in [-0.1, -0.05) is 45.0 Å². The first-order valence-corrected chi connectivity index (χ1v) is 12.3. The average Bonchev–Trinajstić information content (AvgIpc) is 2.74. The van der Waals surface area contributed by atoms with Gasteiger partial charge in [-0.25, -0.2) is 0 Å². The summed E-state index contributed by atoms with van der Waals surface area (Å²) in [4.78, 5) is 6.97. The average molecular weight is 445 g/mol. The first kappa shape index (κ1) is 25.0. The number of morpholine rings is 1. The van der Waals surface area contributed by atoms with Crippen molar-refractivity contribution in [2.45, 2.75) is 78.9 Å². The van der Waals surface area contributed by atoms with Crippen LogP contribution >= 0.6 is 0 Å². The van der Waals surface area contributed by atoms with Gasteiger partial charge in [-0.15, -0.1) is 0 Å². The van der Waals surface area contributed by atoms with Crippen molar-refractivity contribution in [2.24, 2.45) is 16.3 Å². The highest BCUT2D eigenvalue weighted by molar-refractivity contribution is 5.79. The zero-order chi connectivity index (χ0) is 23.1. The fraction of sp³-hybridized carbons (Fsp3) is 0.731. The Morgan fingerprint density at radius 3 is 2.44 bits per heavy atom. The van der Waals surface area contributed by atoms with E-state index in [1.54, 1.807) is 0 Å². The van der Waals surface area contributed by atoms with Crippen LogP contribution in [0.15, 0.2) is 29.3 Å². The minimum atomic E-state index is 0.150. The van der Waals surface area contributed by atoms with Crippen molar-refractivity contribution in [2.75, 3.05) is 33.3 Å². The third kappa shape index (κ3) is 7.19. The monoisotopic (exact) mass is 444 g/mol. The summed E-state index contributed by atoms with van der Waals surface area (Å²) in [6.07, 6.45) is 3.18. The van der Waals surface area contributed by atoms with Crippen LogP contribution in [-0.4, -0.2) is 62.5 Å². The van der Waals surface area contributed by atoms with Crippen molar-refractivity contribution in [3.63, 3.8) is 0 Å². The van der Waals surface area contributed by atoms with Crippen LogP contribution in [0, 0.1) is 11.3 Å². The SMILES string of the molecule is CN=C(NCc1ccccc1CN1CC(C)OC(C)C1)NCC1CCCOC1C(C)(C)C. The lowest BCUT2D eigenvalue weighted by atomic mass is 9.78. The second-order valence-corrected chi connectivity index (χ2v) is 10.6. The van der Waals surface area contributed by atoms with Gasteiger partial charge < -0.3 is 20.1 Å². The van der Waals surface area contributed by atoms with E-state index in [2.05, 4.69) is 79.4 Å². The minimum absolute atomic E-state index is 0.150. The molecule has 3 rings (SSSR count). The fourth-order valence-corrected chi connectivity index (χ4v) is 5.18. The summed E-state index contributed by atoms with van der Waals surface area (Å²) in [5.41, 5.74) is 2.83. The van der Waals surface area contributed by atoms with E-state index in [1.165, 1.54) is 17.5 Å². The van der Waals surface area contributed by atoms with Crippen LogP contribution < -0.4 is 10.6 Å². The summed E-state index contributed by atoms with van der Waals surface area (Å²) >= 11 is 0. The molecular weight excluding hydrogens is 400 g/mol. The first-order valence-electron chi connectivity index (χ1n) is 12.3. The number of hydrogen-bond donors (Lipinski definition) is 2. The Labute approximate surface area is 195 Å². The molecule has 1 aromatic rings. The molecule has 6 nitrogen and oxygen atoms in total. The van der Waals surface area contributed by atoms with E-state index in [0.29, 0.717) is 5.92 Å². The van der Waals surface area contributed by atoms with Gasteiger partial charge in [0.25, 0.3) is 0 Å². The number of benzene rings is 1. The molecule has 1 aromatic carbocycles. The van der Waals surface area contributed by atoms with E-state index < -0.39 is 0 Å². The lowest BCUT2D eigenvalue weighted by molar-refractivity contribution is -0.0835. The van der Waals surface area contributed by atoms with E-state index >= 15 is 0 Å². The molecule has 2 aliphatic rings. The van der Waals surface area contributed by atoms with Crippen molar-refractivity contribution >= 4 is 5.96 Å². The molecule has 0 amide bonds. The molecule has 0 bridgehead atoms. The number of hydrogen-bond acceptors (Lipinski definition) is 4. The number of guanidine groups is 1. The van der Waals surface area contributed by atoms with Crippen LogP contribution in [0.5, 0.6) is 0 Å². The number of nitrogens with zero attached hydrogens (tertiary/aromatic N) is 2. The molecule has 2 fully saturated rings. The van der Waals surface area contributed by atoms with Crippen molar-refractivity contribution < 1.29 is 9.47 Å². The maximum absolute atomic E-state index is 6.14. The van der Waals surface area contributed by atoms with Gasteiger partial charge in [-0.05, 0) is 43.2 Å². The topological polar surface area (TPSA) is 58.1 Å². The largest absolute Gasteiger partial charge is 0.377 e. The van der Waals surface area contributed by atoms with Crippen molar-refractivity contribution in [3.05, 3.63) is 35.4 Å². The normalized spacial score (nSPS) is 27.9. The van der Waals surface area contributed by atoms with Gasteiger partial charge in [0, 0.05) is 52.3 Å². The molecule has 4 atom stereocenters. The molecule has 180 valence electrons. The standard InChI is InChI=1S/C26H44N4O2/c1-19-16-30(17-20(2)32-19)18-23-11-8-7-10-21(23)14-28-25(27-6)29-15-22-12-9-13-31-24(22)26(3,4)5/h7-8,10-11,19-20,22,24H,9,12-18H2,1-6H3,(H2,27,28,29). The molecular formula is C26H44N4O2. The summed E-state index contributed by atoms with van der Waals surface area (Å²) < 4.78 is 12.0. The number of rotatable bonds is 6. The molecule has 0 saturated carbocycles. The Balaban J connectivity index is 1.55. The lowest BCUT2D eigenvalue weighted by Crippen LogP contribution is -2.47. The number of ether oxygens (including phenoxy) is 2. The summed E-state index contributed by atoms with van der Waals surface area (Å²) in [6.45, 7) is 16.6. The van der Waals surface area contributed by atoms with Gasteiger partial charge in [-0.2, -0.15) is 0 Å². The Hall–Kier alpha value is -1.63. The Morgan fingerprint density at radius 1 is 1.09 bits per heavy atom. The molecule has 0 aliphatic carbocycles. The predicted octanol–water partition coefficient (Wildman–Crippen LogP) is 3.80. The molecule has 32 heavy (non-hydrogen) atoms. The molecule has 4 unspecified atom stereocenters. The Kier molecular flexibility index (Phi) is 8.97. The third-order valence-electron chi connectivity index (χ3n) is 6.51. The third-order valence-corrected chi connectivity index (χ3v) is 6.51. The van der Waals surface area contributed by atoms with Crippen LogP contribution in [0.3, 0.4) is 0 Å². The highest BCUT2D eigenvalue weighted by Crippen LogP contribution is 2.33. The molecule has 2 N–H and O–H groups in total. The van der Waals surface area contributed by atoms with Crippen molar-refractivity contribution in [1.82, 2.24) is 15.5 Å². The highest BCUT2D eigenvalue weighted by atomic mass is 16.5. The summed E-state index contributed by atoms with van der Waals surface area (Å²) in [5, 5.41) is 7.08. The van der Waals surface area contributed by atoms with E-state index in [0.717, 1.165) is 51.7 Å². The molecule has 0 spiro atoms. The summed E-state index contributed by atoms with van der Waals surface area (Å²) in [7, 11) is 1.84. The quantitative estimate of drug-likeness (QED) is 0.516. The minimum Gasteiger partial charge on any atom is -0.377 e. The van der Waals surface area contributed by atoms with Gasteiger partial charge in [0.05, 0.1) is 18.3 Å². The van der Waals surface area contributed by atoms with Gasteiger partial charge in [0.1, 0.15) is 0 Å². The maximum Gasteiger partial charge on any atom is 0.191 e. The smallest absolute Gasteiger partial charge is 0.191 e. The van der Waals surface area contributed by atoms with Crippen LogP contribution in [0.4, 0.5) is 0 Å². The van der Waals surface area contributed by atoms with Crippen molar-refractivity contribution in [1.29, 1.82) is 0 Å². The van der Waals surface area contributed by atoms with Crippen molar-refractivity contribution in [3.8, 4) is 0 Å².